The van der Waals surface area contributed by atoms with E-state index in [0.717, 1.165) is 6.54 Å². The molecule has 0 heterocycles. The Kier molecular flexibility index (Phi) is 6.10. The number of hydrogen-bond donors (Lipinski definition) is 0. The highest BCUT2D eigenvalue weighted by molar-refractivity contribution is 5.73. The Labute approximate surface area is 63.6 Å². The fourth-order valence-electron chi connectivity index (χ4n) is 0.477. The topological polar surface area (TPSA) is 23.6 Å². The summed E-state index contributed by atoms with van der Waals surface area (Å²) in [5, 5.41) is 0. The number of amides is 2. The average Bonchev–Trinajstić information content (AvgIpc) is 1.84. The lowest BCUT2D eigenvalue weighted by atomic mass is 10.6. The van der Waals surface area contributed by atoms with Gasteiger partial charge in [0.2, 0.25) is 0 Å². The van der Waals surface area contributed by atoms with Crippen LogP contribution in [0.3, 0.4) is 0 Å². The van der Waals surface area contributed by atoms with Crippen LogP contribution in [0.5, 0.6) is 0 Å². The Morgan fingerprint density at radius 1 is 1.30 bits per heavy atom. The van der Waals surface area contributed by atoms with Crippen molar-refractivity contribution < 1.29 is 4.79 Å². The van der Waals surface area contributed by atoms with Gasteiger partial charge in [-0.2, -0.15) is 0 Å². The van der Waals surface area contributed by atoms with Crippen LogP contribution in [0.25, 0.3) is 0 Å². The first-order valence-corrected chi connectivity index (χ1v) is 3.02. The van der Waals surface area contributed by atoms with Crippen molar-refractivity contribution in [3.8, 4) is 0 Å². The zero-order valence-electron chi connectivity index (χ0n) is 6.51. The summed E-state index contributed by atoms with van der Waals surface area (Å²) >= 11 is 0. The summed E-state index contributed by atoms with van der Waals surface area (Å²) in [6, 6.07) is 0.0532. The molecule has 3 nitrogen and oxygen atoms in total. The second-order valence-corrected chi connectivity index (χ2v) is 2.19. The molecular formula is C7H18N2O. The molecule has 0 aliphatic carbocycles. The van der Waals surface area contributed by atoms with Crippen LogP contribution in [0.15, 0.2) is 0 Å². The minimum atomic E-state index is 0. The molecule has 10 heavy (non-hydrogen) atoms. The smallest absolute Gasteiger partial charge is 0.319 e. The summed E-state index contributed by atoms with van der Waals surface area (Å²) in [4.78, 5) is 14.1. The van der Waals surface area contributed by atoms with Crippen molar-refractivity contribution in [2.75, 3.05) is 27.7 Å². The molecule has 0 N–H and O–H groups in total. The van der Waals surface area contributed by atoms with Crippen LogP contribution >= 0.6 is 0 Å². The molecule has 0 aliphatic rings. The van der Waals surface area contributed by atoms with Crippen molar-refractivity contribution in [2.24, 2.45) is 0 Å². The standard InChI is InChI=1S/C6H14N2O.CH4/c1-5-8(4)6(9)7(2)3;/h5H2,1-4H3;1H4. The molecule has 0 aliphatic heterocycles. The molecule has 62 valence electrons. The van der Waals surface area contributed by atoms with Crippen LogP contribution in [0.2, 0.25) is 0 Å². The molecule has 3 heteroatoms. The summed E-state index contributed by atoms with van der Waals surface area (Å²) in [5.41, 5.74) is 0. The average molecular weight is 146 g/mol. The maximum atomic E-state index is 10.9. The van der Waals surface area contributed by atoms with E-state index in [2.05, 4.69) is 0 Å². The number of nitrogens with zero attached hydrogens (tertiary/aromatic N) is 2. The zero-order valence-corrected chi connectivity index (χ0v) is 6.51. The van der Waals surface area contributed by atoms with E-state index >= 15 is 0 Å². The Bertz CT molecular complexity index is 102. The monoisotopic (exact) mass is 146 g/mol. The highest BCUT2D eigenvalue weighted by Gasteiger charge is 2.06. The number of carbonyl (C=O) groups excluding carboxylic acids is 1. The van der Waals surface area contributed by atoms with Crippen LogP contribution in [0.4, 0.5) is 4.79 Å². The van der Waals surface area contributed by atoms with E-state index in [1.165, 1.54) is 0 Å². The lowest BCUT2D eigenvalue weighted by Gasteiger charge is -2.19. The Balaban J connectivity index is 0. The van der Waals surface area contributed by atoms with Gasteiger partial charge in [-0.05, 0) is 6.92 Å². The summed E-state index contributed by atoms with van der Waals surface area (Å²) in [6.07, 6.45) is 0. The van der Waals surface area contributed by atoms with Gasteiger partial charge in [-0.3, -0.25) is 0 Å². The molecular weight excluding hydrogens is 128 g/mol. The van der Waals surface area contributed by atoms with Gasteiger partial charge >= 0.3 is 6.03 Å². The SMILES string of the molecule is C.CCN(C)C(=O)N(C)C. The highest BCUT2D eigenvalue weighted by atomic mass is 16.2. The second-order valence-electron chi connectivity index (χ2n) is 2.19. The first-order chi connectivity index (χ1) is 4.09. The molecule has 0 radical (unpaired) electrons. The molecule has 0 aromatic rings. The van der Waals surface area contributed by atoms with E-state index in [1.807, 2.05) is 6.92 Å². The van der Waals surface area contributed by atoms with Gasteiger partial charge in [0.05, 0.1) is 0 Å². The fraction of sp³-hybridized carbons (Fsp3) is 0.857. The molecule has 0 spiro atoms. The number of carbonyl (C=O) groups is 1. The Morgan fingerprint density at radius 2 is 1.70 bits per heavy atom. The van der Waals surface area contributed by atoms with E-state index in [0.29, 0.717) is 0 Å². The Morgan fingerprint density at radius 3 is 1.80 bits per heavy atom. The summed E-state index contributed by atoms with van der Waals surface area (Å²) < 4.78 is 0. The lowest BCUT2D eigenvalue weighted by Crippen LogP contribution is -2.35. The summed E-state index contributed by atoms with van der Waals surface area (Å²) in [6.45, 7) is 2.71. The van der Waals surface area contributed by atoms with Crippen LogP contribution in [-0.4, -0.2) is 43.5 Å². The third-order valence-electron chi connectivity index (χ3n) is 1.18. The zero-order chi connectivity index (χ0) is 7.44. The second kappa shape index (κ2) is 5.09. The number of rotatable bonds is 1. The molecule has 0 saturated heterocycles. The minimum Gasteiger partial charge on any atom is -0.331 e. The number of hydrogen-bond acceptors (Lipinski definition) is 1. The first kappa shape index (κ1) is 12.0. The van der Waals surface area contributed by atoms with Crippen molar-refractivity contribution in [1.29, 1.82) is 0 Å². The molecule has 0 aromatic heterocycles. The molecule has 2 amide bonds. The maximum Gasteiger partial charge on any atom is 0.319 e. The maximum absolute atomic E-state index is 10.9. The largest absolute Gasteiger partial charge is 0.331 e. The van der Waals surface area contributed by atoms with Crippen LogP contribution in [0, 0.1) is 0 Å². The van der Waals surface area contributed by atoms with E-state index in [1.54, 1.807) is 30.9 Å². The number of urea groups is 1. The normalized spacial score (nSPS) is 8.00. The fourth-order valence-corrected chi connectivity index (χ4v) is 0.477. The molecule has 0 aromatic carbocycles. The van der Waals surface area contributed by atoms with Crippen molar-refractivity contribution in [2.45, 2.75) is 14.4 Å². The highest BCUT2D eigenvalue weighted by Crippen LogP contribution is 1.87. The van der Waals surface area contributed by atoms with Crippen LogP contribution < -0.4 is 0 Å². The van der Waals surface area contributed by atoms with Gasteiger partial charge in [0.15, 0.2) is 0 Å². The van der Waals surface area contributed by atoms with Gasteiger partial charge < -0.3 is 9.80 Å². The van der Waals surface area contributed by atoms with Crippen molar-refractivity contribution >= 4 is 6.03 Å². The van der Waals surface area contributed by atoms with E-state index in [4.69, 9.17) is 0 Å². The predicted molar refractivity (Wildman–Crippen MR) is 44.1 cm³/mol. The van der Waals surface area contributed by atoms with Crippen molar-refractivity contribution in [3.05, 3.63) is 0 Å². The Hall–Kier alpha value is -0.730. The summed E-state index contributed by atoms with van der Waals surface area (Å²) in [5.74, 6) is 0. The first-order valence-electron chi connectivity index (χ1n) is 3.02. The third-order valence-corrected chi connectivity index (χ3v) is 1.18. The van der Waals surface area contributed by atoms with Crippen molar-refractivity contribution in [1.82, 2.24) is 9.80 Å². The molecule has 0 fully saturated rings. The molecule has 0 saturated carbocycles. The van der Waals surface area contributed by atoms with Crippen LogP contribution in [-0.2, 0) is 0 Å². The van der Waals surface area contributed by atoms with E-state index in [9.17, 15) is 4.79 Å². The van der Waals surface area contributed by atoms with Gasteiger partial charge in [-0.15, -0.1) is 0 Å². The van der Waals surface area contributed by atoms with Crippen LogP contribution in [0.1, 0.15) is 14.4 Å². The van der Waals surface area contributed by atoms with E-state index in [-0.39, 0.29) is 13.5 Å². The molecule has 0 unspecified atom stereocenters. The molecule has 0 atom stereocenters. The molecule has 0 bridgehead atoms. The van der Waals surface area contributed by atoms with Crippen molar-refractivity contribution in [3.63, 3.8) is 0 Å². The third kappa shape index (κ3) is 3.33. The van der Waals surface area contributed by atoms with Gasteiger partial charge in [0.25, 0.3) is 0 Å². The minimum absolute atomic E-state index is 0. The molecule has 0 rings (SSSR count). The van der Waals surface area contributed by atoms with E-state index < -0.39 is 0 Å². The van der Waals surface area contributed by atoms with Gasteiger partial charge in [0.1, 0.15) is 0 Å². The van der Waals surface area contributed by atoms with Gasteiger partial charge in [0, 0.05) is 27.7 Å². The lowest BCUT2D eigenvalue weighted by molar-refractivity contribution is 0.184. The van der Waals surface area contributed by atoms with Gasteiger partial charge in [-0.25, -0.2) is 4.79 Å². The summed E-state index contributed by atoms with van der Waals surface area (Å²) in [7, 11) is 5.27. The van der Waals surface area contributed by atoms with Gasteiger partial charge in [-0.1, -0.05) is 7.43 Å². The predicted octanol–water partition coefficient (Wildman–Crippen LogP) is 1.26. The quantitative estimate of drug-likeness (QED) is 0.546.